The Balaban J connectivity index is 2.03. The van der Waals surface area contributed by atoms with E-state index >= 15 is 0 Å². The molecule has 0 fully saturated rings. The molecule has 1 aliphatic rings. The summed E-state index contributed by atoms with van der Waals surface area (Å²) in [7, 11) is 4.03. The maximum absolute atomic E-state index is 13.4. The maximum atomic E-state index is 13.4. The van der Waals surface area contributed by atoms with Gasteiger partial charge in [-0.05, 0) is 68.9 Å². The summed E-state index contributed by atoms with van der Waals surface area (Å²) < 4.78 is 5.75. The summed E-state index contributed by atoms with van der Waals surface area (Å²) in [6.07, 6.45) is 4.67. The van der Waals surface area contributed by atoms with E-state index in [0.717, 1.165) is 35.2 Å². The first-order valence-electron chi connectivity index (χ1n) is 9.38. The van der Waals surface area contributed by atoms with Crippen LogP contribution >= 0.6 is 0 Å². The van der Waals surface area contributed by atoms with Crippen LogP contribution in [-0.2, 0) is 15.1 Å². The molecule has 0 aromatic heterocycles. The largest absolute Gasteiger partial charge is 0.463 e. The summed E-state index contributed by atoms with van der Waals surface area (Å²) in [4.78, 5) is 15.5. The van der Waals surface area contributed by atoms with Crippen LogP contribution < -0.4 is 5.32 Å². The highest BCUT2D eigenvalue weighted by Gasteiger charge is 2.45. The second-order valence-corrected chi connectivity index (χ2v) is 7.41. The molecule has 2 aromatic rings. The van der Waals surface area contributed by atoms with Crippen LogP contribution in [0.2, 0.25) is 0 Å². The number of aryl methyl sites for hydroxylation is 2. The Kier molecular flexibility index (Phi) is 5.66. The average molecular weight is 364 g/mol. The summed E-state index contributed by atoms with van der Waals surface area (Å²) in [5.74, 6) is -0.263. The Labute approximate surface area is 161 Å². The smallest absolute Gasteiger partial charge is 0.341 e. The number of benzene rings is 2. The summed E-state index contributed by atoms with van der Waals surface area (Å²) in [6, 6.07) is 14.1. The molecular formula is C23H28N2O2. The predicted octanol–water partition coefficient (Wildman–Crippen LogP) is 3.62. The van der Waals surface area contributed by atoms with Crippen molar-refractivity contribution in [3.05, 3.63) is 76.5 Å². The molecule has 0 aliphatic carbocycles. The number of hydrogen-bond donors (Lipinski definition) is 1. The summed E-state index contributed by atoms with van der Waals surface area (Å²) in [6.45, 7) is 5.45. The highest BCUT2D eigenvalue weighted by molar-refractivity contribution is 5.90. The molecule has 4 nitrogen and oxygen atoms in total. The van der Waals surface area contributed by atoms with E-state index in [9.17, 15) is 4.79 Å². The molecule has 1 heterocycles. The minimum atomic E-state index is -1.03. The molecule has 1 atom stereocenters. The fourth-order valence-corrected chi connectivity index (χ4v) is 3.50. The second-order valence-electron chi connectivity index (χ2n) is 7.41. The molecule has 0 saturated heterocycles. The number of fused-ring (bicyclic) bond motifs is 1. The number of nitrogens with zero attached hydrogens (tertiary/aromatic N) is 1. The van der Waals surface area contributed by atoms with Gasteiger partial charge in [-0.2, -0.15) is 0 Å². The van der Waals surface area contributed by atoms with Gasteiger partial charge in [0.25, 0.3) is 0 Å². The van der Waals surface area contributed by atoms with E-state index in [-0.39, 0.29) is 5.97 Å². The van der Waals surface area contributed by atoms with E-state index in [2.05, 4.69) is 36.2 Å². The third-order valence-electron chi connectivity index (χ3n) is 5.13. The zero-order chi connectivity index (χ0) is 19.4. The van der Waals surface area contributed by atoms with Crippen molar-refractivity contribution in [1.29, 1.82) is 0 Å². The van der Waals surface area contributed by atoms with Crippen molar-refractivity contribution in [2.24, 2.45) is 0 Å². The molecule has 2 aromatic carbocycles. The first-order chi connectivity index (χ1) is 12.9. The third kappa shape index (κ3) is 3.76. The summed E-state index contributed by atoms with van der Waals surface area (Å²) >= 11 is 0. The second kappa shape index (κ2) is 7.97. The van der Waals surface area contributed by atoms with E-state index in [1.165, 1.54) is 5.56 Å². The first-order valence-corrected chi connectivity index (χ1v) is 9.38. The average Bonchev–Trinajstić information content (AvgIpc) is 2.66. The molecule has 3 rings (SSSR count). The Morgan fingerprint density at radius 3 is 2.52 bits per heavy atom. The van der Waals surface area contributed by atoms with Gasteiger partial charge >= 0.3 is 5.97 Å². The fourth-order valence-electron chi connectivity index (χ4n) is 3.50. The molecule has 27 heavy (non-hydrogen) atoms. The van der Waals surface area contributed by atoms with E-state index < -0.39 is 5.54 Å². The van der Waals surface area contributed by atoms with Crippen LogP contribution in [0.3, 0.4) is 0 Å². The van der Waals surface area contributed by atoms with Gasteiger partial charge in [0.05, 0.1) is 6.61 Å². The number of esters is 1. The molecule has 0 spiro atoms. The van der Waals surface area contributed by atoms with Gasteiger partial charge in [0.1, 0.15) is 0 Å². The van der Waals surface area contributed by atoms with Crippen molar-refractivity contribution in [1.82, 2.24) is 10.2 Å². The van der Waals surface area contributed by atoms with Gasteiger partial charge in [-0.15, -0.1) is 0 Å². The van der Waals surface area contributed by atoms with Crippen molar-refractivity contribution < 1.29 is 9.53 Å². The topological polar surface area (TPSA) is 41.6 Å². The van der Waals surface area contributed by atoms with Crippen LogP contribution in [0.15, 0.2) is 48.7 Å². The van der Waals surface area contributed by atoms with Crippen LogP contribution in [0, 0.1) is 13.8 Å². The van der Waals surface area contributed by atoms with Crippen LogP contribution in [0.1, 0.15) is 34.2 Å². The van der Waals surface area contributed by atoms with Gasteiger partial charge in [-0.3, -0.25) is 0 Å². The van der Waals surface area contributed by atoms with Crippen LogP contribution in [-0.4, -0.2) is 38.1 Å². The van der Waals surface area contributed by atoms with Gasteiger partial charge in [0, 0.05) is 12.1 Å². The molecule has 0 saturated carbocycles. The molecule has 0 radical (unpaired) electrons. The summed E-state index contributed by atoms with van der Waals surface area (Å²) in [5, 5.41) is 3.34. The SMILES string of the molecule is Cc1cc2c(cc1C)C(C(=O)OCCCN(C)C)(c1ccccc1)NC=C2. The summed E-state index contributed by atoms with van der Waals surface area (Å²) in [5.41, 5.74) is 4.22. The Morgan fingerprint density at radius 2 is 1.81 bits per heavy atom. The lowest BCUT2D eigenvalue weighted by molar-refractivity contribution is -0.150. The van der Waals surface area contributed by atoms with Crippen molar-refractivity contribution in [2.45, 2.75) is 25.8 Å². The molecular weight excluding hydrogens is 336 g/mol. The van der Waals surface area contributed by atoms with E-state index in [1.807, 2.05) is 56.7 Å². The van der Waals surface area contributed by atoms with Crippen LogP contribution in [0.4, 0.5) is 0 Å². The minimum Gasteiger partial charge on any atom is -0.463 e. The van der Waals surface area contributed by atoms with Gasteiger partial charge in [0.15, 0.2) is 5.54 Å². The molecule has 4 heteroatoms. The maximum Gasteiger partial charge on any atom is 0.341 e. The van der Waals surface area contributed by atoms with Gasteiger partial charge in [-0.1, -0.05) is 42.5 Å². The predicted molar refractivity (Wildman–Crippen MR) is 109 cm³/mol. The number of hydrogen-bond acceptors (Lipinski definition) is 4. The third-order valence-corrected chi connectivity index (χ3v) is 5.13. The van der Waals surface area contributed by atoms with Gasteiger partial charge in [0.2, 0.25) is 0 Å². The number of nitrogens with one attached hydrogen (secondary N) is 1. The molecule has 1 unspecified atom stereocenters. The normalized spacial score (nSPS) is 18.1. The fraction of sp³-hybridized carbons (Fsp3) is 0.348. The van der Waals surface area contributed by atoms with Crippen molar-refractivity contribution >= 4 is 12.0 Å². The lowest BCUT2D eigenvalue weighted by Crippen LogP contribution is -2.50. The van der Waals surface area contributed by atoms with Crippen molar-refractivity contribution in [3.8, 4) is 0 Å². The van der Waals surface area contributed by atoms with E-state index in [1.54, 1.807) is 0 Å². The molecule has 1 N–H and O–H groups in total. The molecule has 142 valence electrons. The van der Waals surface area contributed by atoms with Crippen molar-refractivity contribution in [3.63, 3.8) is 0 Å². The van der Waals surface area contributed by atoms with Crippen LogP contribution in [0.5, 0.6) is 0 Å². The molecule has 1 aliphatic heterocycles. The molecule has 0 bridgehead atoms. The zero-order valence-corrected chi connectivity index (χ0v) is 16.6. The number of carbonyl (C=O) groups is 1. The Hall–Kier alpha value is -2.59. The Morgan fingerprint density at radius 1 is 1.11 bits per heavy atom. The van der Waals surface area contributed by atoms with E-state index in [4.69, 9.17) is 4.74 Å². The lowest BCUT2D eigenvalue weighted by atomic mass is 9.77. The number of ether oxygens (including phenoxy) is 1. The number of carbonyl (C=O) groups excluding carboxylic acids is 1. The zero-order valence-electron chi connectivity index (χ0n) is 16.6. The van der Waals surface area contributed by atoms with Gasteiger partial charge < -0.3 is 15.0 Å². The standard InChI is InChI=1S/C23H28N2O2/c1-17-15-19-11-12-24-23(21(19)16-18(17)2,20-9-6-5-7-10-20)22(26)27-14-8-13-25(3)4/h5-7,9-12,15-16,24H,8,13-14H2,1-4H3. The quantitative estimate of drug-likeness (QED) is 0.628. The molecule has 0 amide bonds. The van der Waals surface area contributed by atoms with E-state index in [0.29, 0.717) is 6.61 Å². The monoisotopic (exact) mass is 364 g/mol. The highest BCUT2D eigenvalue weighted by atomic mass is 16.5. The lowest BCUT2D eigenvalue weighted by Gasteiger charge is -2.37. The van der Waals surface area contributed by atoms with Crippen LogP contribution in [0.25, 0.3) is 6.08 Å². The number of rotatable bonds is 6. The van der Waals surface area contributed by atoms with Gasteiger partial charge in [-0.25, -0.2) is 4.79 Å². The first kappa shape index (κ1) is 19.2. The highest BCUT2D eigenvalue weighted by Crippen LogP contribution is 2.38. The minimum absolute atomic E-state index is 0.263. The Bertz CT molecular complexity index is 843. The van der Waals surface area contributed by atoms with Crippen molar-refractivity contribution in [2.75, 3.05) is 27.2 Å².